The minimum Gasteiger partial charge on any atom is -0.493 e. The zero-order chi connectivity index (χ0) is 15.0. The molecule has 6 heteroatoms. The van der Waals surface area contributed by atoms with E-state index < -0.39 is 0 Å². The van der Waals surface area contributed by atoms with E-state index in [1.165, 1.54) is 0 Å². The van der Waals surface area contributed by atoms with Crippen LogP contribution in [0.4, 0.5) is 5.95 Å². The van der Waals surface area contributed by atoms with Crippen molar-refractivity contribution in [3.8, 4) is 22.6 Å². The first-order valence-electron chi connectivity index (χ1n) is 6.47. The lowest BCUT2D eigenvalue weighted by atomic mass is 10.0. The molecule has 0 spiro atoms. The Kier molecular flexibility index (Phi) is 3.13. The summed E-state index contributed by atoms with van der Waals surface area (Å²) < 4.78 is 12.3. The van der Waals surface area contributed by atoms with E-state index in [1.807, 2.05) is 37.4 Å². The van der Waals surface area contributed by atoms with Gasteiger partial charge < -0.3 is 15.2 Å². The van der Waals surface area contributed by atoms with Crippen LogP contribution in [0, 0.1) is 6.92 Å². The Balaban J connectivity index is 2.17. The lowest BCUT2D eigenvalue weighted by molar-refractivity contribution is 0.355. The van der Waals surface area contributed by atoms with Gasteiger partial charge in [-0.15, -0.1) is 5.10 Å². The van der Waals surface area contributed by atoms with Gasteiger partial charge >= 0.3 is 0 Å². The summed E-state index contributed by atoms with van der Waals surface area (Å²) >= 11 is 0. The smallest absolute Gasteiger partial charge is 0.240 e. The highest BCUT2D eigenvalue weighted by atomic mass is 16.5. The van der Waals surface area contributed by atoms with Crippen LogP contribution in [0.5, 0.6) is 11.5 Å². The van der Waals surface area contributed by atoms with Crippen molar-refractivity contribution in [3.63, 3.8) is 0 Å². The number of rotatable bonds is 3. The number of methoxy groups -OCH3 is 2. The van der Waals surface area contributed by atoms with Gasteiger partial charge in [0.2, 0.25) is 5.95 Å². The van der Waals surface area contributed by atoms with E-state index in [4.69, 9.17) is 15.2 Å². The number of hydrogen-bond acceptors (Lipinski definition) is 5. The average molecular weight is 284 g/mol. The molecule has 0 atom stereocenters. The molecule has 0 amide bonds. The number of hydrogen-bond donors (Lipinski definition) is 1. The van der Waals surface area contributed by atoms with Crippen LogP contribution in [0.2, 0.25) is 0 Å². The number of fused-ring (bicyclic) bond motifs is 1. The molecule has 2 aromatic heterocycles. The molecule has 0 bridgehead atoms. The highest BCUT2D eigenvalue weighted by molar-refractivity contribution is 5.71. The van der Waals surface area contributed by atoms with Crippen molar-refractivity contribution in [3.05, 3.63) is 36.0 Å². The van der Waals surface area contributed by atoms with Gasteiger partial charge in [-0.05, 0) is 36.2 Å². The third-order valence-corrected chi connectivity index (χ3v) is 3.39. The number of benzene rings is 1. The molecule has 3 rings (SSSR count). The first-order chi connectivity index (χ1) is 10.1. The molecule has 0 radical (unpaired) electrons. The molecule has 0 aliphatic carbocycles. The minimum absolute atomic E-state index is 0.263. The summed E-state index contributed by atoms with van der Waals surface area (Å²) in [4.78, 5) is 4.15. The van der Waals surface area contributed by atoms with E-state index in [1.54, 1.807) is 18.7 Å². The Morgan fingerprint density at radius 3 is 2.57 bits per heavy atom. The van der Waals surface area contributed by atoms with Crippen molar-refractivity contribution in [1.29, 1.82) is 0 Å². The molecule has 0 unspecified atom stereocenters. The lowest BCUT2D eigenvalue weighted by Crippen LogP contribution is -1.95. The molecule has 3 aromatic rings. The van der Waals surface area contributed by atoms with E-state index in [0.717, 1.165) is 22.3 Å². The fourth-order valence-corrected chi connectivity index (χ4v) is 2.35. The van der Waals surface area contributed by atoms with Gasteiger partial charge in [0.05, 0.1) is 14.2 Å². The number of nitrogens with two attached hydrogens (primary N) is 1. The first-order valence-corrected chi connectivity index (χ1v) is 6.47. The van der Waals surface area contributed by atoms with Crippen molar-refractivity contribution in [2.24, 2.45) is 0 Å². The zero-order valence-corrected chi connectivity index (χ0v) is 12.1. The van der Waals surface area contributed by atoms with Crippen molar-refractivity contribution < 1.29 is 9.47 Å². The molecule has 2 heterocycles. The van der Waals surface area contributed by atoms with Crippen LogP contribution in [0.1, 0.15) is 5.56 Å². The summed E-state index contributed by atoms with van der Waals surface area (Å²) in [6, 6.07) is 7.76. The number of aromatic nitrogens is 3. The van der Waals surface area contributed by atoms with Crippen LogP contribution in [-0.4, -0.2) is 28.8 Å². The molecule has 0 saturated heterocycles. The van der Waals surface area contributed by atoms with Gasteiger partial charge in [-0.25, -0.2) is 4.52 Å². The maximum Gasteiger partial charge on any atom is 0.240 e. The van der Waals surface area contributed by atoms with E-state index in [9.17, 15) is 0 Å². The van der Waals surface area contributed by atoms with Gasteiger partial charge in [-0.3, -0.25) is 0 Å². The van der Waals surface area contributed by atoms with Crippen LogP contribution in [0.15, 0.2) is 30.5 Å². The lowest BCUT2D eigenvalue weighted by Gasteiger charge is -2.11. The molecule has 6 nitrogen and oxygen atoms in total. The molecule has 1 aromatic carbocycles. The van der Waals surface area contributed by atoms with Gasteiger partial charge in [-0.2, -0.15) is 4.98 Å². The summed E-state index contributed by atoms with van der Waals surface area (Å²) in [6.07, 6.45) is 1.91. The highest BCUT2D eigenvalue weighted by Gasteiger charge is 2.10. The van der Waals surface area contributed by atoms with Gasteiger partial charge in [0.1, 0.15) is 0 Å². The summed E-state index contributed by atoms with van der Waals surface area (Å²) in [6.45, 7) is 2.02. The average Bonchev–Trinajstić information content (AvgIpc) is 2.84. The minimum atomic E-state index is 0.263. The summed E-state index contributed by atoms with van der Waals surface area (Å²) in [5, 5.41) is 4.14. The maximum atomic E-state index is 5.63. The number of aryl methyl sites for hydroxylation is 1. The van der Waals surface area contributed by atoms with E-state index in [2.05, 4.69) is 10.1 Å². The monoisotopic (exact) mass is 284 g/mol. The van der Waals surface area contributed by atoms with Crippen molar-refractivity contribution >= 4 is 11.6 Å². The largest absolute Gasteiger partial charge is 0.493 e. The molecule has 0 saturated carbocycles. The molecule has 2 N–H and O–H groups in total. The number of anilines is 1. The SMILES string of the molecule is COc1ccc(-c2cn3nc(N)nc3cc2C)cc1OC. The fraction of sp³-hybridized carbons (Fsp3) is 0.200. The quantitative estimate of drug-likeness (QED) is 0.798. The van der Waals surface area contributed by atoms with E-state index in [-0.39, 0.29) is 5.95 Å². The normalized spacial score (nSPS) is 10.8. The summed E-state index contributed by atoms with van der Waals surface area (Å²) in [5.74, 6) is 1.65. The Morgan fingerprint density at radius 1 is 1.10 bits per heavy atom. The van der Waals surface area contributed by atoms with Crippen LogP contribution in [0.3, 0.4) is 0 Å². The predicted octanol–water partition coefficient (Wildman–Crippen LogP) is 2.30. The Bertz CT molecular complexity index is 811. The zero-order valence-electron chi connectivity index (χ0n) is 12.1. The van der Waals surface area contributed by atoms with Gasteiger partial charge in [0, 0.05) is 11.8 Å². The number of nitrogen functional groups attached to an aromatic ring is 1. The molecule has 0 aliphatic rings. The van der Waals surface area contributed by atoms with Crippen molar-refractivity contribution in [2.45, 2.75) is 6.92 Å². The molecule has 0 fully saturated rings. The Hall–Kier alpha value is -2.76. The third-order valence-electron chi connectivity index (χ3n) is 3.39. The second kappa shape index (κ2) is 4.97. The molecular weight excluding hydrogens is 268 g/mol. The molecule has 0 aliphatic heterocycles. The maximum absolute atomic E-state index is 5.63. The number of nitrogens with zero attached hydrogens (tertiary/aromatic N) is 3. The predicted molar refractivity (Wildman–Crippen MR) is 80.7 cm³/mol. The van der Waals surface area contributed by atoms with E-state index >= 15 is 0 Å². The molecule has 21 heavy (non-hydrogen) atoms. The van der Waals surface area contributed by atoms with Crippen LogP contribution in [0.25, 0.3) is 16.8 Å². The van der Waals surface area contributed by atoms with Gasteiger partial charge in [0.15, 0.2) is 17.1 Å². The fourth-order valence-electron chi connectivity index (χ4n) is 2.35. The summed E-state index contributed by atoms with van der Waals surface area (Å²) in [5.41, 5.74) is 9.50. The van der Waals surface area contributed by atoms with Crippen molar-refractivity contribution in [1.82, 2.24) is 14.6 Å². The topological polar surface area (TPSA) is 74.7 Å². The highest BCUT2D eigenvalue weighted by Crippen LogP contribution is 2.33. The summed E-state index contributed by atoms with van der Waals surface area (Å²) in [7, 11) is 3.24. The first kappa shape index (κ1) is 13.2. The number of pyridine rings is 1. The molecular formula is C15H16N4O2. The van der Waals surface area contributed by atoms with Gasteiger partial charge in [0.25, 0.3) is 0 Å². The van der Waals surface area contributed by atoms with Crippen molar-refractivity contribution in [2.75, 3.05) is 20.0 Å². The Labute approximate surface area is 122 Å². The molecule has 108 valence electrons. The van der Waals surface area contributed by atoms with Crippen LogP contribution < -0.4 is 15.2 Å². The van der Waals surface area contributed by atoms with Crippen LogP contribution >= 0.6 is 0 Å². The number of ether oxygens (including phenoxy) is 2. The van der Waals surface area contributed by atoms with Gasteiger partial charge in [-0.1, -0.05) is 6.07 Å². The van der Waals surface area contributed by atoms with Crippen LogP contribution in [-0.2, 0) is 0 Å². The van der Waals surface area contributed by atoms with E-state index in [0.29, 0.717) is 11.5 Å². The second-order valence-corrected chi connectivity index (χ2v) is 4.71. The Morgan fingerprint density at radius 2 is 1.86 bits per heavy atom. The second-order valence-electron chi connectivity index (χ2n) is 4.71. The third kappa shape index (κ3) is 2.24. The standard InChI is InChI=1S/C15H16N4O2/c1-9-6-14-17-15(16)18-19(14)8-11(9)10-4-5-12(20-2)13(7-10)21-3/h4-8H,1-3H3,(H2,16,18).